The molecule has 4 heteroatoms. The molecule has 82 valence electrons. The van der Waals surface area contributed by atoms with Crippen LogP contribution in [0.25, 0.3) is 0 Å². The van der Waals surface area contributed by atoms with Gasteiger partial charge in [-0.3, -0.25) is 4.79 Å². The summed E-state index contributed by atoms with van der Waals surface area (Å²) in [6.07, 6.45) is 0. The van der Waals surface area contributed by atoms with E-state index in [1.165, 1.54) is 0 Å². The Morgan fingerprint density at radius 2 is 2.00 bits per heavy atom. The number of nitrogens with zero attached hydrogens (tertiary/aromatic N) is 1. The predicted molar refractivity (Wildman–Crippen MR) is 68.0 cm³/mol. The number of ether oxygens (including phenoxy) is 1. The van der Waals surface area contributed by atoms with Gasteiger partial charge in [-0.1, -0.05) is 0 Å². The van der Waals surface area contributed by atoms with Crippen LogP contribution in [0.3, 0.4) is 0 Å². The molecule has 0 aliphatic carbocycles. The summed E-state index contributed by atoms with van der Waals surface area (Å²) in [5.41, 5.74) is 0.717. The average Bonchev–Trinajstić information content (AvgIpc) is 2.26. The first kappa shape index (κ1) is 12.4. The number of hydrogen-bond acceptors (Lipinski definition) is 2. The van der Waals surface area contributed by atoms with Gasteiger partial charge in [0.1, 0.15) is 0 Å². The minimum absolute atomic E-state index is 0.0310. The molecule has 0 aliphatic rings. The van der Waals surface area contributed by atoms with Crippen LogP contribution in [0.2, 0.25) is 0 Å². The quantitative estimate of drug-likeness (QED) is 0.795. The second-order valence-electron chi connectivity index (χ2n) is 3.23. The molecular formula is C11H14INO2. The van der Waals surface area contributed by atoms with Gasteiger partial charge in [0.25, 0.3) is 5.91 Å². The van der Waals surface area contributed by atoms with Crippen LogP contribution in [0.15, 0.2) is 24.3 Å². The minimum Gasteiger partial charge on any atom is -0.383 e. The topological polar surface area (TPSA) is 29.5 Å². The van der Waals surface area contributed by atoms with Gasteiger partial charge in [-0.25, -0.2) is 0 Å². The Hall–Kier alpha value is -0.620. The van der Waals surface area contributed by atoms with E-state index in [-0.39, 0.29) is 5.91 Å². The average molecular weight is 319 g/mol. The Morgan fingerprint density at radius 3 is 2.53 bits per heavy atom. The third-order valence-electron chi connectivity index (χ3n) is 2.07. The molecule has 0 fully saturated rings. The maximum absolute atomic E-state index is 11.8. The van der Waals surface area contributed by atoms with Crippen LogP contribution in [-0.2, 0) is 4.74 Å². The zero-order valence-electron chi connectivity index (χ0n) is 8.87. The first-order valence-corrected chi connectivity index (χ1v) is 5.73. The number of halogens is 1. The van der Waals surface area contributed by atoms with E-state index in [1.54, 1.807) is 19.1 Å². The Kier molecular flexibility index (Phi) is 5.04. The van der Waals surface area contributed by atoms with E-state index < -0.39 is 0 Å². The van der Waals surface area contributed by atoms with Crippen molar-refractivity contribution in [3.63, 3.8) is 0 Å². The molecule has 0 heterocycles. The normalized spacial score (nSPS) is 10.1. The van der Waals surface area contributed by atoms with E-state index in [2.05, 4.69) is 22.6 Å². The lowest BCUT2D eigenvalue weighted by molar-refractivity contribution is 0.0744. The molecule has 15 heavy (non-hydrogen) atoms. The van der Waals surface area contributed by atoms with Gasteiger partial charge in [-0.15, -0.1) is 0 Å². The number of hydrogen-bond donors (Lipinski definition) is 0. The number of benzene rings is 1. The second-order valence-corrected chi connectivity index (χ2v) is 4.47. The van der Waals surface area contributed by atoms with Crippen LogP contribution in [0.5, 0.6) is 0 Å². The Balaban J connectivity index is 2.63. The van der Waals surface area contributed by atoms with Crippen molar-refractivity contribution in [2.24, 2.45) is 0 Å². The van der Waals surface area contributed by atoms with E-state index in [1.807, 2.05) is 24.3 Å². The smallest absolute Gasteiger partial charge is 0.253 e. The maximum Gasteiger partial charge on any atom is 0.253 e. The lowest BCUT2D eigenvalue weighted by Crippen LogP contribution is -2.29. The molecule has 0 atom stereocenters. The van der Waals surface area contributed by atoms with Crippen molar-refractivity contribution < 1.29 is 9.53 Å². The highest BCUT2D eigenvalue weighted by Gasteiger charge is 2.10. The second kappa shape index (κ2) is 6.07. The molecule has 3 nitrogen and oxygen atoms in total. The summed E-state index contributed by atoms with van der Waals surface area (Å²) in [6, 6.07) is 7.54. The summed E-state index contributed by atoms with van der Waals surface area (Å²) in [7, 11) is 3.41. The van der Waals surface area contributed by atoms with E-state index in [4.69, 9.17) is 4.74 Å². The SMILES string of the molecule is COCCN(C)C(=O)c1ccc(I)cc1. The van der Waals surface area contributed by atoms with Crippen molar-refractivity contribution in [3.05, 3.63) is 33.4 Å². The maximum atomic E-state index is 11.8. The highest BCUT2D eigenvalue weighted by atomic mass is 127. The lowest BCUT2D eigenvalue weighted by atomic mass is 10.2. The van der Waals surface area contributed by atoms with Crippen LogP contribution < -0.4 is 0 Å². The monoisotopic (exact) mass is 319 g/mol. The summed E-state index contributed by atoms with van der Waals surface area (Å²) in [6.45, 7) is 1.17. The molecule has 0 aliphatic heterocycles. The fourth-order valence-corrected chi connectivity index (χ4v) is 1.50. The summed E-state index contributed by atoms with van der Waals surface area (Å²) >= 11 is 2.21. The number of amides is 1. The summed E-state index contributed by atoms with van der Waals surface area (Å²) in [5.74, 6) is 0.0310. The van der Waals surface area contributed by atoms with Crippen LogP contribution in [-0.4, -0.2) is 38.1 Å². The number of methoxy groups -OCH3 is 1. The molecule has 0 N–H and O–H groups in total. The number of carbonyl (C=O) groups excluding carboxylic acids is 1. The molecule has 1 amide bonds. The molecule has 0 bridgehead atoms. The molecule has 0 saturated heterocycles. The molecule has 0 spiro atoms. The van der Waals surface area contributed by atoms with Crippen molar-refractivity contribution >= 4 is 28.5 Å². The highest BCUT2D eigenvalue weighted by Crippen LogP contribution is 2.08. The van der Waals surface area contributed by atoms with Crippen molar-refractivity contribution in [1.29, 1.82) is 0 Å². The van der Waals surface area contributed by atoms with Crippen LogP contribution in [0.1, 0.15) is 10.4 Å². The van der Waals surface area contributed by atoms with Crippen molar-refractivity contribution in [2.45, 2.75) is 0 Å². The highest BCUT2D eigenvalue weighted by molar-refractivity contribution is 14.1. The van der Waals surface area contributed by atoms with Gasteiger partial charge in [0.15, 0.2) is 0 Å². The molecule has 0 aromatic heterocycles. The Bertz CT molecular complexity index is 324. The molecule has 1 aromatic carbocycles. The standard InChI is InChI=1S/C11H14INO2/c1-13(7-8-15-2)11(14)9-3-5-10(12)6-4-9/h3-6H,7-8H2,1-2H3. The molecule has 0 unspecified atom stereocenters. The van der Waals surface area contributed by atoms with Gasteiger partial charge >= 0.3 is 0 Å². The van der Waals surface area contributed by atoms with E-state index >= 15 is 0 Å². The summed E-state index contributed by atoms with van der Waals surface area (Å²) in [5, 5.41) is 0. The van der Waals surface area contributed by atoms with Crippen molar-refractivity contribution in [1.82, 2.24) is 4.90 Å². The first-order chi connectivity index (χ1) is 7.15. The van der Waals surface area contributed by atoms with Crippen LogP contribution >= 0.6 is 22.6 Å². The van der Waals surface area contributed by atoms with Crippen LogP contribution in [0.4, 0.5) is 0 Å². The van der Waals surface area contributed by atoms with E-state index in [9.17, 15) is 4.79 Å². The van der Waals surface area contributed by atoms with Gasteiger partial charge in [0.2, 0.25) is 0 Å². The minimum atomic E-state index is 0.0310. The van der Waals surface area contributed by atoms with Crippen molar-refractivity contribution in [2.75, 3.05) is 27.3 Å². The largest absolute Gasteiger partial charge is 0.383 e. The molecule has 1 aromatic rings. The zero-order valence-corrected chi connectivity index (χ0v) is 11.0. The fraction of sp³-hybridized carbons (Fsp3) is 0.364. The van der Waals surface area contributed by atoms with Crippen LogP contribution in [0, 0.1) is 3.57 Å². The summed E-state index contributed by atoms with van der Waals surface area (Å²) in [4.78, 5) is 13.5. The van der Waals surface area contributed by atoms with Gasteiger partial charge in [0, 0.05) is 29.8 Å². The van der Waals surface area contributed by atoms with Gasteiger partial charge in [0.05, 0.1) is 6.61 Å². The predicted octanol–water partition coefficient (Wildman–Crippen LogP) is 2.01. The third kappa shape index (κ3) is 3.79. The number of likely N-dealkylation sites (N-methyl/N-ethyl adjacent to an activating group) is 1. The molecule has 0 radical (unpaired) electrons. The third-order valence-corrected chi connectivity index (χ3v) is 2.79. The Labute approximate surface area is 104 Å². The molecule has 0 saturated carbocycles. The summed E-state index contributed by atoms with van der Waals surface area (Å²) < 4.78 is 6.05. The molecule has 1 rings (SSSR count). The number of rotatable bonds is 4. The lowest BCUT2D eigenvalue weighted by Gasteiger charge is -2.16. The van der Waals surface area contributed by atoms with Gasteiger partial charge < -0.3 is 9.64 Å². The fourth-order valence-electron chi connectivity index (χ4n) is 1.14. The first-order valence-electron chi connectivity index (χ1n) is 4.65. The number of carbonyl (C=O) groups is 1. The van der Waals surface area contributed by atoms with Crippen molar-refractivity contribution in [3.8, 4) is 0 Å². The van der Waals surface area contributed by atoms with E-state index in [0.29, 0.717) is 18.7 Å². The van der Waals surface area contributed by atoms with Gasteiger partial charge in [-0.2, -0.15) is 0 Å². The van der Waals surface area contributed by atoms with Gasteiger partial charge in [-0.05, 0) is 46.9 Å². The zero-order chi connectivity index (χ0) is 11.3. The van der Waals surface area contributed by atoms with E-state index in [0.717, 1.165) is 3.57 Å². The Morgan fingerprint density at radius 1 is 1.40 bits per heavy atom. The molecular weight excluding hydrogens is 305 g/mol.